The van der Waals surface area contributed by atoms with E-state index in [1.807, 2.05) is 11.8 Å². The second kappa shape index (κ2) is 5.31. The van der Waals surface area contributed by atoms with Gasteiger partial charge in [-0.05, 0) is 42.5 Å². The van der Waals surface area contributed by atoms with Crippen LogP contribution in [0, 0.1) is 0 Å². The van der Waals surface area contributed by atoms with Crippen LogP contribution in [0.2, 0.25) is 0 Å². The number of hydrogen-bond acceptors (Lipinski definition) is 4. The van der Waals surface area contributed by atoms with Gasteiger partial charge in [0.25, 0.3) is 5.91 Å². The Morgan fingerprint density at radius 2 is 2.00 bits per heavy atom. The van der Waals surface area contributed by atoms with Crippen molar-refractivity contribution >= 4 is 29.0 Å². The fourth-order valence-electron chi connectivity index (χ4n) is 1.89. The lowest BCUT2D eigenvalue weighted by Crippen LogP contribution is -2.37. The van der Waals surface area contributed by atoms with Gasteiger partial charge in [0.15, 0.2) is 0 Å². The van der Waals surface area contributed by atoms with E-state index in [1.165, 1.54) is 0 Å². The van der Waals surface area contributed by atoms with Gasteiger partial charge in [0.2, 0.25) is 0 Å². The summed E-state index contributed by atoms with van der Waals surface area (Å²) in [7, 11) is 0. The number of nitrogens with two attached hydrogens (primary N) is 2. The highest BCUT2D eigenvalue weighted by Crippen LogP contribution is 2.19. The van der Waals surface area contributed by atoms with Crippen LogP contribution >= 0.6 is 11.8 Å². The first-order chi connectivity index (χ1) is 8.16. The largest absolute Gasteiger partial charge is 0.399 e. The summed E-state index contributed by atoms with van der Waals surface area (Å²) in [6, 6.07) is 5.27. The number of nitrogen functional groups attached to an aromatic ring is 2. The molecule has 0 spiro atoms. The first-order valence-electron chi connectivity index (χ1n) is 5.70. The predicted molar refractivity (Wildman–Crippen MR) is 73.1 cm³/mol. The van der Waals surface area contributed by atoms with Gasteiger partial charge in [0, 0.05) is 17.4 Å². The molecule has 1 aliphatic rings. The van der Waals surface area contributed by atoms with Gasteiger partial charge in [-0.1, -0.05) is 0 Å². The zero-order valence-electron chi connectivity index (χ0n) is 9.61. The summed E-state index contributed by atoms with van der Waals surface area (Å²) in [5, 5.41) is 3.02. The lowest BCUT2D eigenvalue weighted by molar-refractivity contribution is 0.0936. The Balaban J connectivity index is 2.03. The number of nitrogens with one attached hydrogen (secondary N) is 1. The molecule has 1 aromatic rings. The van der Waals surface area contributed by atoms with E-state index in [0.29, 0.717) is 16.9 Å². The second-order valence-corrected chi connectivity index (χ2v) is 5.43. The van der Waals surface area contributed by atoms with Gasteiger partial charge < -0.3 is 16.8 Å². The van der Waals surface area contributed by atoms with Gasteiger partial charge >= 0.3 is 0 Å². The van der Waals surface area contributed by atoms with Crippen LogP contribution in [0.4, 0.5) is 11.4 Å². The van der Waals surface area contributed by atoms with Crippen LogP contribution in [-0.4, -0.2) is 23.5 Å². The van der Waals surface area contributed by atoms with Gasteiger partial charge in [-0.2, -0.15) is 11.8 Å². The molecular weight excluding hydrogens is 234 g/mol. The molecule has 1 fully saturated rings. The zero-order chi connectivity index (χ0) is 12.3. The van der Waals surface area contributed by atoms with E-state index in [1.54, 1.807) is 18.2 Å². The van der Waals surface area contributed by atoms with Crippen LogP contribution in [0.15, 0.2) is 18.2 Å². The summed E-state index contributed by atoms with van der Waals surface area (Å²) in [6.45, 7) is 0. The number of carbonyl (C=O) groups is 1. The van der Waals surface area contributed by atoms with E-state index in [9.17, 15) is 4.79 Å². The van der Waals surface area contributed by atoms with Crippen molar-refractivity contribution in [3.05, 3.63) is 23.8 Å². The maximum absolute atomic E-state index is 12.0. The SMILES string of the molecule is Nc1ccc(C(=O)NC2CCSCC2)c(N)c1. The summed E-state index contributed by atoms with van der Waals surface area (Å²) in [6.07, 6.45) is 2.07. The maximum Gasteiger partial charge on any atom is 0.253 e. The molecule has 0 unspecified atom stereocenters. The number of benzene rings is 1. The van der Waals surface area contributed by atoms with Crippen molar-refractivity contribution in [2.45, 2.75) is 18.9 Å². The molecule has 1 aromatic carbocycles. The molecule has 0 atom stereocenters. The predicted octanol–water partition coefficient (Wildman–Crippen LogP) is 1.48. The minimum absolute atomic E-state index is 0.0978. The Kier molecular flexibility index (Phi) is 3.78. The van der Waals surface area contributed by atoms with Crippen molar-refractivity contribution in [3.8, 4) is 0 Å². The molecule has 5 heteroatoms. The molecule has 1 saturated heterocycles. The Morgan fingerprint density at radius 1 is 1.29 bits per heavy atom. The van der Waals surface area contributed by atoms with E-state index >= 15 is 0 Å². The van der Waals surface area contributed by atoms with E-state index in [-0.39, 0.29) is 11.9 Å². The van der Waals surface area contributed by atoms with Crippen LogP contribution in [0.3, 0.4) is 0 Å². The molecule has 1 aliphatic heterocycles. The van der Waals surface area contributed by atoms with Crippen molar-refractivity contribution in [2.75, 3.05) is 23.0 Å². The zero-order valence-corrected chi connectivity index (χ0v) is 10.4. The quantitative estimate of drug-likeness (QED) is 0.695. The number of carbonyl (C=O) groups excluding carboxylic acids is 1. The molecule has 0 aromatic heterocycles. The average Bonchev–Trinajstić information content (AvgIpc) is 2.30. The van der Waals surface area contributed by atoms with E-state index in [0.717, 1.165) is 24.3 Å². The molecule has 1 amide bonds. The molecule has 0 aliphatic carbocycles. The minimum Gasteiger partial charge on any atom is -0.399 e. The highest BCUT2D eigenvalue weighted by atomic mass is 32.2. The standard InChI is InChI=1S/C12H17N3OS/c13-8-1-2-10(11(14)7-8)12(16)15-9-3-5-17-6-4-9/h1-2,7,9H,3-6,13-14H2,(H,15,16). The fraction of sp³-hybridized carbons (Fsp3) is 0.417. The Morgan fingerprint density at radius 3 is 2.65 bits per heavy atom. The maximum atomic E-state index is 12.0. The van der Waals surface area contributed by atoms with Crippen LogP contribution < -0.4 is 16.8 Å². The number of anilines is 2. The molecule has 92 valence electrons. The van der Waals surface area contributed by atoms with Crippen molar-refractivity contribution in [1.29, 1.82) is 0 Å². The van der Waals surface area contributed by atoms with Gasteiger partial charge in [0.05, 0.1) is 5.56 Å². The second-order valence-electron chi connectivity index (χ2n) is 4.21. The molecule has 0 radical (unpaired) electrons. The fourth-order valence-corrected chi connectivity index (χ4v) is 3.00. The van der Waals surface area contributed by atoms with Crippen molar-refractivity contribution in [2.24, 2.45) is 0 Å². The topological polar surface area (TPSA) is 81.1 Å². The first-order valence-corrected chi connectivity index (χ1v) is 6.86. The molecular formula is C12H17N3OS. The number of thioether (sulfide) groups is 1. The van der Waals surface area contributed by atoms with Crippen LogP contribution in [0.1, 0.15) is 23.2 Å². The number of amides is 1. The molecule has 1 heterocycles. The Labute approximate surface area is 105 Å². The third-order valence-corrected chi connectivity index (χ3v) is 3.93. The number of rotatable bonds is 2. The van der Waals surface area contributed by atoms with Crippen molar-refractivity contribution < 1.29 is 4.79 Å². The van der Waals surface area contributed by atoms with Crippen LogP contribution in [0.5, 0.6) is 0 Å². The summed E-state index contributed by atoms with van der Waals surface area (Å²) < 4.78 is 0. The molecule has 0 bridgehead atoms. The molecule has 2 rings (SSSR count). The van der Waals surface area contributed by atoms with E-state index < -0.39 is 0 Å². The number of hydrogen-bond donors (Lipinski definition) is 3. The van der Waals surface area contributed by atoms with Crippen molar-refractivity contribution in [3.63, 3.8) is 0 Å². The Hall–Kier alpha value is -1.36. The third kappa shape index (κ3) is 3.06. The molecule has 17 heavy (non-hydrogen) atoms. The van der Waals surface area contributed by atoms with Gasteiger partial charge in [-0.25, -0.2) is 0 Å². The highest BCUT2D eigenvalue weighted by Gasteiger charge is 2.18. The lowest BCUT2D eigenvalue weighted by Gasteiger charge is -2.22. The molecule has 5 N–H and O–H groups in total. The average molecular weight is 251 g/mol. The van der Waals surface area contributed by atoms with Gasteiger partial charge in [-0.15, -0.1) is 0 Å². The molecule has 0 saturated carbocycles. The van der Waals surface area contributed by atoms with Gasteiger partial charge in [0.1, 0.15) is 0 Å². The highest BCUT2D eigenvalue weighted by molar-refractivity contribution is 7.99. The minimum atomic E-state index is -0.0978. The summed E-state index contributed by atoms with van der Waals surface area (Å²) in [5.41, 5.74) is 12.9. The third-order valence-electron chi connectivity index (χ3n) is 2.88. The van der Waals surface area contributed by atoms with Crippen molar-refractivity contribution in [1.82, 2.24) is 5.32 Å². The normalized spacial score (nSPS) is 16.7. The molecule has 4 nitrogen and oxygen atoms in total. The summed E-state index contributed by atoms with van der Waals surface area (Å²) >= 11 is 1.93. The van der Waals surface area contributed by atoms with Crippen LogP contribution in [-0.2, 0) is 0 Å². The lowest BCUT2D eigenvalue weighted by atomic mass is 10.1. The van der Waals surface area contributed by atoms with Gasteiger partial charge in [-0.3, -0.25) is 4.79 Å². The summed E-state index contributed by atoms with van der Waals surface area (Å²) in [5.74, 6) is 2.13. The van der Waals surface area contributed by atoms with E-state index in [4.69, 9.17) is 11.5 Å². The van der Waals surface area contributed by atoms with E-state index in [2.05, 4.69) is 5.32 Å². The van der Waals surface area contributed by atoms with Crippen LogP contribution in [0.25, 0.3) is 0 Å². The smallest absolute Gasteiger partial charge is 0.253 e. The first kappa shape index (κ1) is 12.1. The summed E-state index contributed by atoms with van der Waals surface area (Å²) in [4.78, 5) is 12.0. The monoisotopic (exact) mass is 251 g/mol. The Bertz CT molecular complexity index is 416.